The topological polar surface area (TPSA) is 66.6 Å². The molecule has 0 amide bonds. The summed E-state index contributed by atoms with van der Waals surface area (Å²) in [6.07, 6.45) is 2.65. The number of hydrogen-bond acceptors (Lipinski definition) is 3. The highest BCUT2D eigenvalue weighted by Crippen LogP contribution is 2.16. The molecule has 0 aromatic carbocycles. The van der Waals surface area contributed by atoms with E-state index in [2.05, 4.69) is 13.8 Å². The summed E-state index contributed by atoms with van der Waals surface area (Å²) in [5.74, 6) is 0.387. The van der Waals surface area contributed by atoms with Gasteiger partial charge in [-0.2, -0.15) is 17.0 Å². The molecule has 0 aliphatic carbocycles. The summed E-state index contributed by atoms with van der Waals surface area (Å²) in [7, 11) is -1.61. The summed E-state index contributed by atoms with van der Waals surface area (Å²) in [4.78, 5) is 0. The molecule has 1 aliphatic heterocycles. The smallest absolute Gasteiger partial charge is 0.281 e. The molecule has 5 nitrogen and oxygen atoms in total. The van der Waals surface area contributed by atoms with Crippen LogP contribution < -0.4 is 5.73 Å². The molecule has 1 fully saturated rings. The molecule has 0 saturated carbocycles. The van der Waals surface area contributed by atoms with Crippen LogP contribution in [0.1, 0.15) is 33.1 Å². The molecular formula is C11H25N3O2S. The Balaban J connectivity index is 2.48. The predicted molar refractivity (Wildman–Crippen MR) is 69.8 cm³/mol. The standard InChI is InChI=1S/C11H25N3O2S/c1-10(2)11(12)6-9-13(3)17(15,16)14-7-4-5-8-14/h10-11H,4-9,12H2,1-3H3. The van der Waals surface area contributed by atoms with Crippen molar-refractivity contribution in [3.8, 4) is 0 Å². The van der Waals surface area contributed by atoms with Crippen molar-refractivity contribution in [2.75, 3.05) is 26.7 Å². The maximum absolute atomic E-state index is 12.1. The van der Waals surface area contributed by atoms with E-state index in [1.54, 1.807) is 11.4 Å². The molecule has 1 heterocycles. The number of hydrogen-bond donors (Lipinski definition) is 1. The van der Waals surface area contributed by atoms with E-state index in [1.807, 2.05) is 0 Å². The van der Waals surface area contributed by atoms with Crippen molar-refractivity contribution >= 4 is 10.2 Å². The van der Waals surface area contributed by atoms with Crippen LogP contribution in [0.15, 0.2) is 0 Å². The molecule has 102 valence electrons. The third kappa shape index (κ3) is 3.91. The Kier molecular flexibility index (Phi) is 5.37. The average Bonchev–Trinajstić information content (AvgIpc) is 2.78. The number of nitrogens with zero attached hydrogens (tertiary/aromatic N) is 2. The fourth-order valence-corrected chi connectivity index (χ4v) is 3.35. The molecule has 17 heavy (non-hydrogen) atoms. The van der Waals surface area contributed by atoms with E-state index in [9.17, 15) is 8.42 Å². The Morgan fingerprint density at radius 3 is 2.29 bits per heavy atom. The van der Waals surface area contributed by atoms with Gasteiger partial charge in [-0.25, -0.2) is 0 Å². The summed E-state index contributed by atoms with van der Waals surface area (Å²) < 4.78 is 27.2. The number of nitrogens with two attached hydrogens (primary N) is 1. The fraction of sp³-hybridized carbons (Fsp3) is 1.00. The quantitative estimate of drug-likeness (QED) is 0.764. The van der Waals surface area contributed by atoms with Crippen LogP contribution in [0.2, 0.25) is 0 Å². The normalized spacial score (nSPS) is 20.4. The van der Waals surface area contributed by atoms with E-state index in [0.717, 1.165) is 12.8 Å². The zero-order chi connectivity index (χ0) is 13.1. The van der Waals surface area contributed by atoms with Crippen molar-refractivity contribution in [1.82, 2.24) is 8.61 Å². The van der Waals surface area contributed by atoms with Gasteiger partial charge in [0.25, 0.3) is 10.2 Å². The first kappa shape index (κ1) is 14.9. The summed E-state index contributed by atoms with van der Waals surface area (Å²) in [5, 5.41) is 0. The van der Waals surface area contributed by atoms with E-state index in [0.29, 0.717) is 32.0 Å². The lowest BCUT2D eigenvalue weighted by Gasteiger charge is -2.25. The lowest BCUT2D eigenvalue weighted by molar-refractivity contribution is 0.365. The van der Waals surface area contributed by atoms with Gasteiger partial charge < -0.3 is 5.73 Å². The highest BCUT2D eigenvalue weighted by Gasteiger charge is 2.29. The Labute approximate surface area is 105 Å². The van der Waals surface area contributed by atoms with Gasteiger partial charge in [-0.3, -0.25) is 0 Å². The molecule has 1 saturated heterocycles. The molecular weight excluding hydrogens is 238 g/mol. The van der Waals surface area contributed by atoms with Crippen LogP contribution in [0.3, 0.4) is 0 Å². The van der Waals surface area contributed by atoms with Crippen LogP contribution in [0.5, 0.6) is 0 Å². The molecule has 1 atom stereocenters. The molecule has 0 radical (unpaired) electrons. The lowest BCUT2D eigenvalue weighted by Crippen LogP contribution is -2.42. The second-order valence-corrected chi connectivity index (χ2v) is 7.17. The summed E-state index contributed by atoms with van der Waals surface area (Å²) >= 11 is 0. The second kappa shape index (κ2) is 6.13. The highest BCUT2D eigenvalue weighted by molar-refractivity contribution is 7.86. The molecule has 0 bridgehead atoms. The molecule has 1 aliphatic rings. The van der Waals surface area contributed by atoms with Gasteiger partial charge in [0.1, 0.15) is 0 Å². The molecule has 0 spiro atoms. The monoisotopic (exact) mass is 263 g/mol. The fourth-order valence-electron chi connectivity index (χ4n) is 1.90. The minimum atomic E-state index is -3.25. The van der Waals surface area contributed by atoms with Gasteiger partial charge >= 0.3 is 0 Å². The summed E-state index contributed by atoms with van der Waals surface area (Å²) in [6, 6.07) is 0.0613. The molecule has 1 rings (SSSR count). The Hall–Kier alpha value is -0.170. The Morgan fingerprint density at radius 1 is 1.29 bits per heavy atom. The van der Waals surface area contributed by atoms with Crippen LogP contribution in [-0.2, 0) is 10.2 Å². The van der Waals surface area contributed by atoms with Gasteiger partial charge in [0.15, 0.2) is 0 Å². The third-order valence-electron chi connectivity index (χ3n) is 3.42. The van der Waals surface area contributed by atoms with Crippen molar-refractivity contribution in [2.45, 2.75) is 39.2 Å². The molecule has 2 N–H and O–H groups in total. The average molecular weight is 263 g/mol. The van der Waals surface area contributed by atoms with E-state index in [4.69, 9.17) is 5.73 Å². The van der Waals surface area contributed by atoms with Crippen LogP contribution in [-0.4, -0.2) is 49.8 Å². The van der Waals surface area contributed by atoms with E-state index >= 15 is 0 Å². The zero-order valence-electron chi connectivity index (χ0n) is 11.1. The van der Waals surface area contributed by atoms with Gasteiger partial charge in [-0.15, -0.1) is 0 Å². The predicted octanol–water partition coefficient (Wildman–Crippen LogP) is 0.632. The van der Waals surface area contributed by atoms with Crippen LogP contribution >= 0.6 is 0 Å². The summed E-state index contributed by atoms with van der Waals surface area (Å²) in [5.41, 5.74) is 5.93. The van der Waals surface area contributed by atoms with Gasteiger partial charge in [0, 0.05) is 32.7 Å². The van der Waals surface area contributed by atoms with E-state index in [1.165, 1.54) is 4.31 Å². The largest absolute Gasteiger partial charge is 0.327 e. The minimum Gasteiger partial charge on any atom is -0.327 e. The Morgan fingerprint density at radius 2 is 1.82 bits per heavy atom. The molecule has 6 heteroatoms. The van der Waals surface area contributed by atoms with Gasteiger partial charge in [-0.1, -0.05) is 13.8 Å². The van der Waals surface area contributed by atoms with Crippen LogP contribution in [0, 0.1) is 5.92 Å². The van der Waals surface area contributed by atoms with E-state index < -0.39 is 10.2 Å². The number of rotatable bonds is 6. The third-order valence-corrected chi connectivity index (χ3v) is 5.41. The highest BCUT2D eigenvalue weighted by atomic mass is 32.2. The second-order valence-electron chi connectivity index (χ2n) is 5.13. The SMILES string of the molecule is CC(C)C(N)CCN(C)S(=O)(=O)N1CCCC1. The van der Waals surface area contributed by atoms with Crippen molar-refractivity contribution in [3.63, 3.8) is 0 Å². The zero-order valence-corrected chi connectivity index (χ0v) is 11.9. The van der Waals surface area contributed by atoms with Crippen molar-refractivity contribution in [1.29, 1.82) is 0 Å². The summed E-state index contributed by atoms with van der Waals surface area (Å²) in [6.45, 7) is 5.92. The van der Waals surface area contributed by atoms with Gasteiger partial charge in [-0.05, 0) is 25.2 Å². The maximum atomic E-state index is 12.1. The van der Waals surface area contributed by atoms with E-state index in [-0.39, 0.29) is 6.04 Å². The maximum Gasteiger partial charge on any atom is 0.281 e. The lowest BCUT2D eigenvalue weighted by atomic mass is 10.0. The van der Waals surface area contributed by atoms with Gasteiger partial charge in [0.05, 0.1) is 0 Å². The van der Waals surface area contributed by atoms with Crippen LogP contribution in [0.25, 0.3) is 0 Å². The minimum absolute atomic E-state index is 0.0613. The van der Waals surface area contributed by atoms with Crippen molar-refractivity contribution < 1.29 is 8.42 Å². The molecule has 0 aromatic heterocycles. The first-order valence-corrected chi connectivity index (χ1v) is 7.72. The Bertz CT molecular complexity index is 324. The van der Waals surface area contributed by atoms with Crippen molar-refractivity contribution in [3.05, 3.63) is 0 Å². The van der Waals surface area contributed by atoms with Crippen molar-refractivity contribution in [2.24, 2.45) is 11.7 Å². The first-order valence-electron chi connectivity index (χ1n) is 6.32. The molecule has 0 aromatic rings. The van der Waals surface area contributed by atoms with Gasteiger partial charge in [0.2, 0.25) is 0 Å². The van der Waals surface area contributed by atoms with Crippen LogP contribution in [0.4, 0.5) is 0 Å². The molecule has 1 unspecified atom stereocenters. The first-order chi connectivity index (χ1) is 7.85.